The van der Waals surface area contributed by atoms with Crippen LogP contribution in [0.1, 0.15) is 27.5 Å². The third-order valence-corrected chi connectivity index (χ3v) is 5.31. The summed E-state index contributed by atoms with van der Waals surface area (Å²) in [5.41, 5.74) is 6.40. The lowest BCUT2D eigenvalue weighted by atomic mass is 9.98. The number of aromatic nitrogens is 3. The van der Waals surface area contributed by atoms with Crippen molar-refractivity contribution in [2.75, 3.05) is 6.54 Å². The molecule has 0 saturated heterocycles. The van der Waals surface area contributed by atoms with Crippen LogP contribution in [0.2, 0.25) is 0 Å². The van der Waals surface area contributed by atoms with Gasteiger partial charge in [-0.25, -0.2) is 0 Å². The van der Waals surface area contributed by atoms with Gasteiger partial charge in [-0.15, -0.1) is 0 Å². The summed E-state index contributed by atoms with van der Waals surface area (Å²) < 4.78 is 5.58. The fourth-order valence-corrected chi connectivity index (χ4v) is 3.75. The summed E-state index contributed by atoms with van der Waals surface area (Å²) in [7, 11) is 0. The van der Waals surface area contributed by atoms with Crippen molar-refractivity contribution in [3.63, 3.8) is 0 Å². The van der Waals surface area contributed by atoms with Crippen LogP contribution in [0.3, 0.4) is 0 Å². The highest BCUT2D eigenvalue weighted by molar-refractivity contribution is 5.92. The third-order valence-electron chi connectivity index (χ3n) is 5.31. The maximum atomic E-state index is 12.8. The molecule has 29 heavy (non-hydrogen) atoms. The van der Waals surface area contributed by atoms with E-state index in [0.717, 1.165) is 33.8 Å². The molecular formula is C23H20N4O2. The number of hydrogen-bond acceptors (Lipinski definition) is 4. The molecule has 4 aromatic rings. The van der Waals surface area contributed by atoms with Crippen molar-refractivity contribution in [1.82, 2.24) is 20.3 Å². The Morgan fingerprint density at radius 3 is 2.48 bits per heavy atom. The highest BCUT2D eigenvalue weighted by Gasteiger charge is 2.29. The lowest BCUT2D eigenvalue weighted by molar-refractivity contribution is 0.0723. The zero-order valence-electron chi connectivity index (χ0n) is 16.1. The van der Waals surface area contributed by atoms with Gasteiger partial charge in [-0.1, -0.05) is 59.8 Å². The minimum absolute atomic E-state index is 0.0772. The Labute approximate surface area is 168 Å². The van der Waals surface area contributed by atoms with E-state index >= 15 is 0 Å². The SMILES string of the molecule is Cc1cc(C(=O)N2CCc3onc(-c4ccc(-c5ccccc5)cc4)c3C2)n[nH]1. The Morgan fingerprint density at radius 2 is 1.76 bits per heavy atom. The van der Waals surface area contributed by atoms with Crippen molar-refractivity contribution in [3.8, 4) is 22.4 Å². The van der Waals surface area contributed by atoms with Crippen LogP contribution < -0.4 is 0 Å². The molecule has 0 bridgehead atoms. The Balaban J connectivity index is 1.41. The predicted octanol–water partition coefficient (Wildman–Crippen LogP) is 4.24. The highest BCUT2D eigenvalue weighted by atomic mass is 16.5. The number of nitrogens with zero attached hydrogens (tertiary/aromatic N) is 3. The standard InChI is InChI=1S/C23H20N4O2/c1-15-13-20(25-24-15)23(28)27-12-11-21-19(14-27)22(26-29-21)18-9-7-17(8-10-18)16-5-3-2-4-6-16/h2-10,13H,11-12,14H2,1H3,(H,24,25). The Hall–Kier alpha value is -3.67. The fraction of sp³-hybridized carbons (Fsp3) is 0.174. The first-order valence-electron chi connectivity index (χ1n) is 9.63. The number of benzene rings is 2. The summed E-state index contributed by atoms with van der Waals surface area (Å²) in [6.45, 7) is 2.95. The summed E-state index contributed by atoms with van der Waals surface area (Å²) in [4.78, 5) is 14.6. The second-order valence-electron chi connectivity index (χ2n) is 7.29. The van der Waals surface area contributed by atoms with Gasteiger partial charge >= 0.3 is 0 Å². The van der Waals surface area contributed by atoms with Gasteiger partial charge in [-0.05, 0) is 24.1 Å². The molecule has 0 spiro atoms. The molecule has 0 saturated carbocycles. The molecule has 0 fully saturated rings. The number of H-pyrrole nitrogens is 1. The average molecular weight is 384 g/mol. The predicted molar refractivity (Wildman–Crippen MR) is 109 cm³/mol. The molecule has 2 aromatic carbocycles. The minimum Gasteiger partial charge on any atom is -0.360 e. The quantitative estimate of drug-likeness (QED) is 0.573. The highest BCUT2D eigenvalue weighted by Crippen LogP contribution is 2.31. The molecule has 0 unspecified atom stereocenters. The second kappa shape index (κ2) is 7.05. The third kappa shape index (κ3) is 3.23. The van der Waals surface area contributed by atoms with Gasteiger partial charge < -0.3 is 9.42 Å². The second-order valence-corrected chi connectivity index (χ2v) is 7.29. The maximum absolute atomic E-state index is 12.8. The molecule has 5 rings (SSSR count). The van der Waals surface area contributed by atoms with Crippen LogP contribution in [0.25, 0.3) is 22.4 Å². The number of carbonyl (C=O) groups excluding carboxylic acids is 1. The van der Waals surface area contributed by atoms with E-state index in [-0.39, 0.29) is 5.91 Å². The number of hydrogen-bond donors (Lipinski definition) is 1. The van der Waals surface area contributed by atoms with E-state index in [0.29, 0.717) is 25.2 Å². The molecule has 2 aromatic heterocycles. The summed E-state index contributed by atoms with van der Waals surface area (Å²) in [5.74, 6) is 0.779. The molecule has 3 heterocycles. The van der Waals surface area contributed by atoms with Crippen molar-refractivity contribution in [3.05, 3.63) is 83.4 Å². The van der Waals surface area contributed by atoms with Gasteiger partial charge in [0, 0.05) is 29.8 Å². The van der Waals surface area contributed by atoms with Crippen molar-refractivity contribution in [1.29, 1.82) is 0 Å². The molecule has 1 amide bonds. The molecule has 144 valence electrons. The van der Waals surface area contributed by atoms with Crippen LogP contribution in [-0.4, -0.2) is 32.7 Å². The lowest BCUT2D eigenvalue weighted by Crippen LogP contribution is -2.35. The van der Waals surface area contributed by atoms with Crippen molar-refractivity contribution in [2.24, 2.45) is 0 Å². The molecule has 6 nitrogen and oxygen atoms in total. The number of fused-ring (bicyclic) bond motifs is 1. The summed E-state index contributed by atoms with van der Waals surface area (Å²) in [5, 5.41) is 11.2. The van der Waals surface area contributed by atoms with E-state index in [1.165, 1.54) is 5.56 Å². The molecule has 0 atom stereocenters. The minimum atomic E-state index is -0.0772. The number of aromatic amines is 1. The van der Waals surface area contributed by atoms with Gasteiger partial charge in [0.15, 0.2) is 0 Å². The number of aryl methyl sites for hydroxylation is 1. The van der Waals surface area contributed by atoms with E-state index in [1.54, 1.807) is 11.0 Å². The lowest BCUT2D eigenvalue weighted by Gasteiger charge is -2.25. The zero-order chi connectivity index (χ0) is 19.8. The van der Waals surface area contributed by atoms with Gasteiger partial charge in [0.25, 0.3) is 5.91 Å². The number of rotatable bonds is 3. The van der Waals surface area contributed by atoms with Crippen molar-refractivity contribution in [2.45, 2.75) is 19.9 Å². The van der Waals surface area contributed by atoms with Crippen molar-refractivity contribution >= 4 is 5.91 Å². The number of amides is 1. The first-order chi connectivity index (χ1) is 14.2. The van der Waals surface area contributed by atoms with Crippen LogP contribution in [-0.2, 0) is 13.0 Å². The number of carbonyl (C=O) groups is 1. The Bertz CT molecular complexity index is 1160. The van der Waals surface area contributed by atoms with E-state index in [2.05, 4.69) is 51.8 Å². The van der Waals surface area contributed by atoms with Crippen LogP contribution in [0.5, 0.6) is 0 Å². The molecule has 1 N–H and O–H groups in total. The molecule has 1 aliphatic heterocycles. The first kappa shape index (κ1) is 17.4. The van der Waals surface area contributed by atoms with Gasteiger partial charge in [-0.3, -0.25) is 9.89 Å². The van der Waals surface area contributed by atoms with Crippen LogP contribution in [0.15, 0.2) is 65.2 Å². The summed E-state index contributed by atoms with van der Waals surface area (Å²) in [6.07, 6.45) is 0.652. The van der Waals surface area contributed by atoms with Crippen LogP contribution >= 0.6 is 0 Å². The van der Waals surface area contributed by atoms with Crippen LogP contribution in [0.4, 0.5) is 0 Å². The first-order valence-corrected chi connectivity index (χ1v) is 9.63. The maximum Gasteiger partial charge on any atom is 0.274 e. The van der Waals surface area contributed by atoms with Gasteiger partial charge in [0.2, 0.25) is 0 Å². The normalized spacial score (nSPS) is 13.3. The zero-order valence-corrected chi connectivity index (χ0v) is 16.1. The van der Waals surface area contributed by atoms with Crippen LogP contribution in [0, 0.1) is 6.92 Å². The summed E-state index contributed by atoms with van der Waals surface area (Å²) >= 11 is 0. The molecule has 0 aliphatic carbocycles. The molecule has 1 aliphatic rings. The summed E-state index contributed by atoms with van der Waals surface area (Å²) in [6, 6.07) is 20.3. The van der Waals surface area contributed by atoms with E-state index in [4.69, 9.17) is 4.52 Å². The van der Waals surface area contributed by atoms with Crippen molar-refractivity contribution < 1.29 is 9.32 Å². The fourth-order valence-electron chi connectivity index (χ4n) is 3.75. The van der Waals surface area contributed by atoms with Gasteiger partial charge in [-0.2, -0.15) is 5.10 Å². The Kier molecular flexibility index (Phi) is 4.24. The average Bonchev–Trinajstić information content (AvgIpc) is 3.40. The van der Waals surface area contributed by atoms with E-state index < -0.39 is 0 Å². The van der Waals surface area contributed by atoms with Gasteiger partial charge in [0.05, 0.1) is 6.54 Å². The molecular weight excluding hydrogens is 364 g/mol. The topological polar surface area (TPSA) is 75.0 Å². The van der Waals surface area contributed by atoms with E-state index in [9.17, 15) is 4.79 Å². The Morgan fingerprint density at radius 1 is 1.03 bits per heavy atom. The van der Waals surface area contributed by atoms with E-state index in [1.807, 2.05) is 25.1 Å². The number of nitrogens with one attached hydrogen (secondary N) is 1. The smallest absolute Gasteiger partial charge is 0.274 e. The monoisotopic (exact) mass is 384 g/mol. The largest absolute Gasteiger partial charge is 0.360 e. The molecule has 0 radical (unpaired) electrons. The molecule has 6 heteroatoms. The van der Waals surface area contributed by atoms with Gasteiger partial charge in [0.1, 0.15) is 17.1 Å².